The second-order valence-electron chi connectivity index (χ2n) is 2.94. The van der Waals surface area contributed by atoms with Crippen LogP contribution in [-0.2, 0) is 0 Å². The molecule has 4 N–H and O–H groups in total. The van der Waals surface area contributed by atoms with Crippen LogP contribution in [-0.4, -0.2) is 28.9 Å². The van der Waals surface area contributed by atoms with E-state index >= 15 is 0 Å². The van der Waals surface area contributed by atoms with E-state index in [1.807, 2.05) is 0 Å². The Morgan fingerprint density at radius 3 is 2.50 bits per heavy atom. The summed E-state index contributed by atoms with van der Waals surface area (Å²) in [5.41, 5.74) is -0.0466. The van der Waals surface area contributed by atoms with Crippen LogP contribution in [0.15, 0.2) is 12.1 Å². The Morgan fingerprint density at radius 1 is 1.36 bits per heavy atom. The highest BCUT2D eigenvalue weighted by atomic mass is 19.1. The standard InChI is InChI=1S/C9H12FNO3/c1-11-4-9(14)5-2-7(12)8(13)3-6(5)10/h2-3,9,11-14H,4H2,1H3/t9-/m1/s1. The maximum atomic E-state index is 13.1. The molecule has 0 fully saturated rings. The largest absolute Gasteiger partial charge is 0.504 e. The number of hydrogen-bond acceptors (Lipinski definition) is 4. The third kappa shape index (κ3) is 2.12. The van der Waals surface area contributed by atoms with E-state index in [1.54, 1.807) is 7.05 Å². The van der Waals surface area contributed by atoms with Gasteiger partial charge >= 0.3 is 0 Å². The molecule has 0 saturated carbocycles. The molecular formula is C9H12FNO3. The van der Waals surface area contributed by atoms with E-state index in [4.69, 9.17) is 10.2 Å². The molecule has 0 aliphatic heterocycles. The van der Waals surface area contributed by atoms with Gasteiger partial charge in [0.25, 0.3) is 0 Å². The van der Waals surface area contributed by atoms with Crippen LogP contribution >= 0.6 is 0 Å². The summed E-state index contributed by atoms with van der Waals surface area (Å²) in [5.74, 6) is -1.73. The zero-order valence-electron chi connectivity index (χ0n) is 7.66. The lowest BCUT2D eigenvalue weighted by atomic mass is 10.1. The normalized spacial score (nSPS) is 12.8. The quantitative estimate of drug-likeness (QED) is 0.537. The van der Waals surface area contributed by atoms with Gasteiger partial charge in [0.05, 0.1) is 6.10 Å². The van der Waals surface area contributed by atoms with Crippen LogP contribution in [0.2, 0.25) is 0 Å². The fraction of sp³-hybridized carbons (Fsp3) is 0.333. The fourth-order valence-electron chi connectivity index (χ4n) is 1.13. The predicted octanol–water partition coefficient (Wildman–Crippen LogP) is 0.490. The van der Waals surface area contributed by atoms with Gasteiger partial charge in [-0.3, -0.25) is 0 Å². The molecule has 1 atom stereocenters. The fourth-order valence-corrected chi connectivity index (χ4v) is 1.13. The molecule has 0 spiro atoms. The average molecular weight is 201 g/mol. The second-order valence-corrected chi connectivity index (χ2v) is 2.94. The molecule has 0 unspecified atom stereocenters. The van der Waals surface area contributed by atoms with Crippen molar-refractivity contribution in [2.24, 2.45) is 0 Å². The maximum absolute atomic E-state index is 13.1. The van der Waals surface area contributed by atoms with Gasteiger partial charge in [0.15, 0.2) is 11.5 Å². The molecule has 0 heterocycles. The van der Waals surface area contributed by atoms with Gasteiger partial charge < -0.3 is 20.6 Å². The number of aromatic hydroxyl groups is 2. The lowest BCUT2D eigenvalue weighted by Gasteiger charge is -2.12. The molecule has 0 aliphatic carbocycles. The number of aliphatic hydroxyl groups is 1. The zero-order chi connectivity index (χ0) is 10.7. The van der Waals surface area contributed by atoms with Gasteiger partial charge in [-0.15, -0.1) is 0 Å². The molecule has 1 rings (SSSR count). The molecule has 4 nitrogen and oxygen atoms in total. The number of aliphatic hydroxyl groups excluding tert-OH is 1. The molecule has 0 radical (unpaired) electrons. The van der Waals surface area contributed by atoms with Crippen LogP contribution in [0.1, 0.15) is 11.7 Å². The number of hydrogen-bond donors (Lipinski definition) is 4. The lowest BCUT2D eigenvalue weighted by molar-refractivity contribution is 0.172. The number of rotatable bonds is 3. The summed E-state index contributed by atoms with van der Waals surface area (Å²) in [6.45, 7) is 0.168. The third-order valence-corrected chi connectivity index (χ3v) is 1.85. The van der Waals surface area contributed by atoms with Gasteiger partial charge in [-0.2, -0.15) is 0 Å². The molecule has 0 bridgehead atoms. The van der Waals surface area contributed by atoms with Crippen LogP contribution in [0.5, 0.6) is 11.5 Å². The topological polar surface area (TPSA) is 72.7 Å². The van der Waals surface area contributed by atoms with E-state index < -0.39 is 23.4 Å². The number of halogens is 1. The minimum absolute atomic E-state index is 0.0466. The van der Waals surface area contributed by atoms with Crippen LogP contribution in [0.4, 0.5) is 4.39 Å². The number of benzene rings is 1. The molecule has 1 aromatic carbocycles. The van der Waals surface area contributed by atoms with Gasteiger partial charge in [0.1, 0.15) is 5.82 Å². The van der Waals surface area contributed by atoms with E-state index in [0.717, 1.165) is 12.1 Å². The Morgan fingerprint density at radius 2 is 1.93 bits per heavy atom. The summed E-state index contributed by atoms with van der Waals surface area (Å²) in [5, 5.41) is 30.1. The molecular weight excluding hydrogens is 189 g/mol. The summed E-state index contributed by atoms with van der Waals surface area (Å²) in [7, 11) is 1.61. The Kier molecular flexibility index (Phi) is 3.27. The van der Waals surface area contributed by atoms with E-state index in [9.17, 15) is 9.50 Å². The predicted molar refractivity (Wildman–Crippen MR) is 48.6 cm³/mol. The van der Waals surface area contributed by atoms with Crippen molar-refractivity contribution in [2.75, 3.05) is 13.6 Å². The molecule has 78 valence electrons. The monoisotopic (exact) mass is 201 g/mol. The summed E-state index contributed by atoms with van der Waals surface area (Å²) < 4.78 is 13.1. The van der Waals surface area contributed by atoms with Crippen molar-refractivity contribution in [3.8, 4) is 11.5 Å². The van der Waals surface area contributed by atoms with Gasteiger partial charge in [0, 0.05) is 18.2 Å². The van der Waals surface area contributed by atoms with Crippen molar-refractivity contribution in [1.82, 2.24) is 5.32 Å². The summed E-state index contributed by atoms with van der Waals surface area (Å²) in [6, 6.07) is 1.77. The van der Waals surface area contributed by atoms with Gasteiger partial charge in [0.2, 0.25) is 0 Å². The van der Waals surface area contributed by atoms with Crippen molar-refractivity contribution in [2.45, 2.75) is 6.10 Å². The molecule has 14 heavy (non-hydrogen) atoms. The van der Waals surface area contributed by atoms with Gasteiger partial charge in [-0.25, -0.2) is 4.39 Å². The summed E-state index contributed by atoms with van der Waals surface area (Å²) in [4.78, 5) is 0. The van der Waals surface area contributed by atoms with E-state index in [1.165, 1.54) is 0 Å². The first-order chi connectivity index (χ1) is 6.56. The van der Waals surface area contributed by atoms with Crippen molar-refractivity contribution < 1.29 is 19.7 Å². The van der Waals surface area contributed by atoms with Crippen molar-refractivity contribution in [3.05, 3.63) is 23.5 Å². The van der Waals surface area contributed by atoms with Crippen LogP contribution in [0.25, 0.3) is 0 Å². The Bertz CT molecular complexity index is 330. The summed E-state index contributed by atoms with van der Waals surface area (Å²) >= 11 is 0. The van der Waals surface area contributed by atoms with E-state index in [-0.39, 0.29) is 12.1 Å². The highest BCUT2D eigenvalue weighted by Gasteiger charge is 2.15. The zero-order valence-corrected chi connectivity index (χ0v) is 7.66. The first-order valence-electron chi connectivity index (χ1n) is 4.10. The maximum Gasteiger partial charge on any atom is 0.160 e. The van der Waals surface area contributed by atoms with E-state index in [0.29, 0.717) is 0 Å². The minimum Gasteiger partial charge on any atom is -0.504 e. The van der Waals surface area contributed by atoms with Crippen LogP contribution < -0.4 is 5.32 Å². The number of phenols is 2. The number of nitrogens with one attached hydrogen (secondary N) is 1. The second kappa shape index (κ2) is 4.26. The lowest BCUT2D eigenvalue weighted by Crippen LogP contribution is -2.17. The summed E-state index contributed by atoms with van der Waals surface area (Å²) in [6.07, 6.45) is -1.05. The van der Waals surface area contributed by atoms with E-state index in [2.05, 4.69) is 5.32 Å². The first-order valence-corrected chi connectivity index (χ1v) is 4.10. The molecule has 0 aromatic heterocycles. The van der Waals surface area contributed by atoms with Crippen molar-refractivity contribution in [1.29, 1.82) is 0 Å². The molecule has 0 saturated heterocycles. The van der Waals surface area contributed by atoms with Crippen molar-refractivity contribution in [3.63, 3.8) is 0 Å². The van der Waals surface area contributed by atoms with Crippen LogP contribution in [0.3, 0.4) is 0 Å². The molecule has 0 amide bonds. The Labute approximate surface area is 80.6 Å². The number of likely N-dealkylation sites (N-methyl/N-ethyl adjacent to an activating group) is 1. The Hall–Kier alpha value is -1.33. The smallest absolute Gasteiger partial charge is 0.160 e. The van der Waals surface area contributed by atoms with Crippen LogP contribution in [0, 0.1) is 5.82 Å². The first kappa shape index (κ1) is 10.7. The molecule has 5 heteroatoms. The third-order valence-electron chi connectivity index (χ3n) is 1.85. The molecule has 1 aromatic rings. The Balaban J connectivity index is 3.02. The SMILES string of the molecule is CNC[C@@H](O)c1cc(O)c(O)cc1F. The molecule has 0 aliphatic rings. The van der Waals surface area contributed by atoms with Gasteiger partial charge in [-0.1, -0.05) is 0 Å². The van der Waals surface area contributed by atoms with Crippen molar-refractivity contribution >= 4 is 0 Å². The highest BCUT2D eigenvalue weighted by molar-refractivity contribution is 5.42. The highest BCUT2D eigenvalue weighted by Crippen LogP contribution is 2.30. The minimum atomic E-state index is -1.05. The number of phenolic OH excluding ortho intramolecular Hbond substituents is 2. The average Bonchev–Trinajstić information content (AvgIpc) is 2.11. The van der Waals surface area contributed by atoms with Gasteiger partial charge in [-0.05, 0) is 13.1 Å².